The monoisotopic (exact) mass is 360 g/mol. The molecule has 25 heavy (non-hydrogen) atoms. The van der Waals surface area contributed by atoms with Gasteiger partial charge in [-0.05, 0) is 17.7 Å². The molecule has 2 atom stereocenters. The summed E-state index contributed by atoms with van der Waals surface area (Å²) in [6.45, 7) is 0.470. The predicted octanol–water partition coefficient (Wildman–Crippen LogP) is 2.25. The largest absolute Gasteiger partial charge is 0.341 e. The third-order valence-corrected chi connectivity index (χ3v) is 4.99. The molecule has 0 saturated carbocycles. The second-order valence-corrected chi connectivity index (χ2v) is 6.91. The average Bonchev–Trinajstić information content (AvgIpc) is 3.12. The van der Waals surface area contributed by atoms with E-state index in [0.717, 1.165) is 11.4 Å². The second-order valence-electron chi connectivity index (χ2n) is 6.48. The Bertz CT molecular complexity index is 787. The van der Waals surface area contributed by atoms with Crippen molar-refractivity contribution in [3.05, 3.63) is 53.1 Å². The zero-order chi connectivity index (χ0) is 18.1. The third kappa shape index (κ3) is 3.39. The van der Waals surface area contributed by atoms with Crippen LogP contribution >= 0.6 is 11.6 Å². The Morgan fingerprint density at radius 1 is 1.32 bits per heavy atom. The number of carbonyl (C=O) groups is 2. The number of halogens is 1. The summed E-state index contributed by atoms with van der Waals surface area (Å²) in [7, 11) is 5.36. The Morgan fingerprint density at radius 3 is 2.60 bits per heavy atom. The Balaban J connectivity index is 1.80. The molecule has 0 aliphatic carbocycles. The Morgan fingerprint density at radius 2 is 2.00 bits per heavy atom. The van der Waals surface area contributed by atoms with Gasteiger partial charge in [0.15, 0.2) is 0 Å². The summed E-state index contributed by atoms with van der Waals surface area (Å²) >= 11 is 5.90. The van der Waals surface area contributed by atoms with Gasteiger partial charge in [-0.2, -0.15) is 0 Å². The highest BCUT2D eigenvalue weighted by Crippen LogP contribution is 2.37. The molecular weight excluding hydrogens is 340 g/mol. The molecule has 132 valence electrons. The molecule has 3 rings (SSSR count). The minimum absolute atomic E-state index is 0.0359. The summed E-state index contributed by atoms with van der Waals surface area (Å²) in [5.41, 5.74) is 0.992. The lowest BCUT2D eigenvalue weighted by atomic mass is 9.97. The molecule has 0 spiro atoms. The van der Waals surface area contributed by atoms with Crippen LogP contribution in [0.2, 0.25) is 5.02 Å². The van der Waals surface area contributed by atoms with E-state index in [2.05, 4.69) is 4.98 Å². The molecule has 1 aliphatic rings. The van der Waals surface area contributed by atoms with Crippen LogP contribution in [0.4, 0.5) is 0 Å². The van der Waals surface area contributed by atoms with E-state index in [1.165, 1.54) is 0 Å². The fourth-order valence-electron chi connectivity index (χ4n) is 3.33. The van der Waals surface area contributed by atoms with Crippen molar-refractivity contribution < 1.29 is 9.59 Å². The Labute approximate surface area is 152 Å². The number of amides is 2. The van der Waals surface area contributed by atoms with E-state index < -0.39 is 5.92 Å². The summed E-state index contributed by atoms with van der Waals surface area (Å²) < 4.78 is 1.86. The highest BCUT2D eigenvalue weighted by Gasteiger charge is 2.45. The molecule has 1 fully saturated rings. The zero-order valence-electron chi connectivity index (χ0n) is 14.5. The van der Waals surface area contributed by atoms with Crippen LogP contribution in [-0.2, 0) is 23.2 Å². The molecule has 7 heteroatoms. The molecule has 1 aliphatic heterocycles. The zero-order valence-corrected chi connectivity index (χ0v) is 15.3. The van der Waals surface area contributed by atoms with Gasteiger partial charge < -0.3 is 14.4 Å². The van der Waals surface area contributed by atoms with Crippen molar-refractivity contribution in [2.45, 2.75) is 19.0 Å². The maximum atomic E-state index is 13.0. The van der Waals surface area contributed by atoms with E-state index in [9.17, 15) is 9.59 Å². The van der Waals surface area contributed by atoms with E-state index in [4.69, 9.17) is 11.6 Å². The van der Waals surface area contributed by atoms with Gasteiger partial charge in [-0.25, -0.2) is 4.98 Å². The minimum Gasteiger partial charge on any atom is -0.341 e. The number of rotatable bonds is 4. The van der Waals surface area contributed by atoms with Crippen molar-refractivity contribution in [1.82, 2.24) is 19.4 Å². The molecule has 6 nitrogen and oxygen atoms in total. The van der Waals surface area contributed by atoms with Crippen molar-refractivity contribution >= 4 is 23.4 Å². The quantitative estimate of drug-likeness (QED) is 0.840. The van der Waals surface area contributed by atoms with Gasteiger partial charge in [0.05, 0.1) is 5.92 Å². The number of aromatic nitrogens is 2. The van der Waals surface area contributed by atoms with Gasteiger partial charge in [0.1, 0.15) is 11.9 Å². The summed E-state index contributed by atoms with van der Waals surface area (Å²) in [5.74, 6) is 0.203. The van der Waals surface area contributed by atoms with E-state index in [-0.39, 0.29) is 24.3 Å². The molecule has 0 bridgehead atoms. The van der Waals surface area contributed by atoms with Gasteiger partial charge in [-0.3, -0.25) is 9.59 Å². The summed E-state index contributed by atoms with van der Waals surface area (Å²) in [4.78, 5) is 32.9. The smallest absolute Gasteiger partial charge is 0.228 e. The normalized spacial score (nSPS) is 20.2. The molecule has 1 aromatic heterocycles. The molecular formula is C18H21ClN4O2. The summed E-state index contributed by atoms with van der Waals surface area (Å²) in [6.07, 6.45) is 3.72. The van der Waals surface area contributed by atoms with E-state index in [1.807, 2.05) is 29.9 Å². The number of imidazole rings is 1. The van der Waals surface area contributed by atoms with Gasteiger partial charge in [-0.1, -0.05) is 23.7 Å². The lowest BCUT2D eigenvalue weighted by Gasteiger charge is -2.27. The first-order valence-corrected chi connectivity index (χ1v) is 8.48. The van der Waals surface area contributed by atoms with Crippen molar-refractivity contribution in [3.63, 3.8) is 0 Å². The Kier molecular flexibility index (Phi) is 4.81. The maximum Gasteiger partial charge on any atom is 0.228 e. The topological polar surface area (TPSA) is 58.4 Å². The van der Waals surface area contributed by atoms with Gasteiger partial charge >= 0.3 is 0 Å². The van der Waals surface area contributed by atoms with E-state index in [1.54, 1.807) is 42.2 Å². The molecule has 2 heterocycles. The number of hydrogen-bond acceptors (Lipinski definition) is 3. The number of carbonyl (C=O) groups excluding carboxylic acids is 2. The first-order chi connectivity index (χ1) is 11.9. The maximum absolute atomic E-state index is 13.0. The van der Waals surface area contributed by atoms with Gasteiger partial charge in [0, 0.05) is 51.5 Å². The van der Waals surface area contributed by atoms with Crippen LogP contribution in [0.15, 0.2) is 36.7 Å². The second kappa shape index (κ2) is 6.88. The molecule has 0 radical (unpaired) electrons. The number of nitrogens with zero attached hydrogens (tertiary/aromatic N) is 4. The van der Waals surface area contributed by atoms with Crippen molar-refractivity contribution in [2.75, 3.05) is 14.1 Å². The van der Waals surface area contributed by atoms with Crippen LogP contribution in [-0.4, -0.2) is 45.3 Å². The third-order valence-electron chi connectivity index (χ3n) is 4.74. The van der Waals surface area contributed by atoms with Crippen LogP contribution in [0.1, 0.15) is 23.9 Å². The molecule has 2 aromatic rings. The number of benzene rings is 1. The molecule has 2 amide bonds. The molecule has 0 unspecified atom stereocenters. The number of likely N-dealkylation sites (tertiary alicyclic amines) is 1. The fraction of sp³-hybridized carbons (Fsp3) is 0.389. The SMILES string of the molecule is CN(Cc1ccc(Cl)cc1)C(=O)[C@H]1CC(=O)N(C)[C@@H]1c1nccn1C. The lowest BCUT2D eigenvalue weighted by Crippen LogP contribution is -2.36. The van der Waals surface area contributed by atoms with Crippen molar-refractivity contribution in [1.29, 1.82) is 0 Å². The predicted molar refractivity (Wildman–Crippen MR) is 94.8 cm³/mol. The molecule has 0 N–H and O–H groups in total. The first kappa shape index (κ1) is 17.5. The van der Waals surface area contributed by atoms with Crippen molar-refractivity contribution in [3.8, 4) is 0 Å². The van der Waals surface area contributed by atoms with E-state index >= 15 is 0 Å². The fourth-order valence-corrected chi connectivity index (χ4v) is 3.46. The molecule has 1 aromatic carbocycles. The van der Waals surface area contributed by atoms with E-state index in [0.29, 0.717) is 11.6 Å². The highest BCUT2D eigenvalue weighted by molar-refractivity contribution is 6.30. The number of hydrogen-bond donors (Lipinski definition) is 0. The highest BCUT2D eigenvalue weighted by atomic mass is 35.5. The summed E-state index contributed by atoms with van der Waals surface area (Å²) in [5, 5.41) is 0.663. The van der Waals surface area contributed by atoms with Gasteiger partial charge in [0.2, 0.25) is 11.8 Å². The van der Waals surface area contributed by atoms with Crippen molar-refractivity contribution in [2.24, 2.45) is 13.0 Å². The van der Waals surface area contributed by atoms with Gasteiger partial charge in [-0.15, -0.1) is 0 Å². The van der Waals surface area contributed by atoms with Crippen LogP contribution in [0.25, 0.3) is 0 Å². The number of aryl methyl sites for hydroxylation is 1. The lowest BCUT2D eigenvalue weighted by molar-refractivity contribution is -0.135. The van der Waals surface area contributed by atoms with Crippen LogP contribution in [0, 0.1) is 5.92 Å². The summed E-state index contributed by atoms with van der Waals surface area (Å²) in [6, 6.07) is 7.06. The van der Waals surface area contributed by atoms with Crippen LogP contribution in [0.3, 0.4) is 0 Å². The Hall–Kier alpha value is -2.34. The van der Waals surface area contributed by atoms with Crippen LogP contribution < -0.4 is 0 Å². The molecule has 1 saturated heterocycles. The van der Waals surface area contributed by atoms with Crippen LogP contribution in [0.5, 0.6) is 0 Å². The van der Waals surface area contributed by atoms with Gasteiger partial charge in [0.25, 0.3) is 0 Å². The minimum atomic E-state index is -0.434. The average molecular weight is 361 g/mol. The first-order valence-electron chi connectivity index (χ1n) is 8.10. The standard InChI is InChI=1S/C18H21ClN4O2/c1-21-9-8-20-17(21)16-14(10-15(24)23(16)3)18(25)22(2)11-12-4-6-13(19)7-5-12/h4-9,14,16H,10-11H2,1-3H3/t14-,16-/m0/s1.